The molecule has 2 atom stereocenters. The molecule has 0 bridgehead atoms. The highest BCUT2D eigenvalue weighted by Gasteiger charge is 2.31. The van der Waals surface area contributed by atoms with Crippen LogP contribution in [-0.2, 0) is 16.4 Å². The van der Waals surface area contributed by atoms with Crippen LogP contribution in [0.2, 0.25) is 0 Å². The van der Waals surface area contributed by atoms with Gasteiger partial charge in [0.05, 0.1) is 10.6 Å². The van der Waals surface area contributed by atoms with E-state index in [1.54, 1.807) is 18.2 Å². The first kappa shape index (κ1) is 19.9. The molecule has 154 valence electrons. The molecule has 7 heteroatoms. The average Bonchev–Trinajstić information content (AvgIpc) is 3.16. The lowest BCUT2D eigenvalue weighted by molar-refractivity contribution is 0.0369. The molecule has 0 aliphatic carbocycles. The van der Waals surface area contributed by atoms with E-state index in [1.165, 1.54) is 10.4 Å². The van der Waals surface area contributed by atoms with Gasteiger partial charge < -0.3 is 0 Å². The fourth-order valence-electron chi connectivity index (χ4n) is 4.31. The molecule has 1 N–H and O–H groups in total. The molecule has 2 heterocycles. The van der Waals surface area contributed by atoms with E-state index in [0.717, 1.165) is 30.5 Å². The molecule has 2 aromatic rings. The Labute approximate surface area is 172 Å². The van der Waals surface area contributed by atoms with Gasteiger partial charge in [-0.05, 0) is 62.9 Å². The van der Waals surface area contributed by atoms with Crippen LogP contribution >= 0.6 is 0 Å². The molecule has 1 fully saturated rings. The van der Waals surface area contributed by atoms with Gasteiger partial charge in [-0.15, -0.1) is 0 Å². The van der Waals surface area contributed by atoms with E-state index in [1.807, 2.05) is 29.3 Å². The number of rotatable bonds is 4. The number of sulfonamides is 1. The molecule has 2 aromatic carbocycles. The Morgan fingerprint density at radius 3 is 2.52 bits per heavy atom. The third kappa shape index (κ3) is 3.76. The van der Waals surface area contributed by atoms with Gasteiger partial charge in [0.1, 0.15) is 0 Å². The van der Waals surface area contributed by atoms with Gasteiger partial charge in [0, 0.05) is 24.2 Å². The summed E-state index contributed by atoms with van der Waals surface area (Å²) in [6, 6.07) is 14.4. The zero-order chi connectivity index (χ0) is 20.6. The molecule has 1 saturated heterocycles. The summed E-state index contributed by atoms with van der Waals surface area (Å²) in [6.07, 6.45) is 3.92. The van der Waals surface area contributed by atoms with Gasteiger partial charge in [-0.25, -0.2) is 13.4 Å². The molecule has 0 unspecified atom stereocenters. The number of amides is 1. The highest BCUT2D eigenvalue weighted by Crippen LogP contribution is 2.32. The first-order chi connectivity index (χ1) is 13.9. The molecule has 2 aliphatic heterocycles. The second-order valence-electron chi connectivity index (χ2n) is 7.96. The van der Waals surface area contributed by atoms with Crippen molar-refractivity contribution in [1.82, 2.24) is 10.4 Å². The van der Waals surface area contributed by atoms with Crippen molar-refractivity contribution < 1.29 is 13.2 Å². The third-order valence-electron chi connectivity index (χ3n) is 5.95. The van der Waals surface area contributed by atoms with E-state index in [0.29, 0.717) is 18.5 Å². The van der Waals surface area contributed by atoms with Crippen LogP contribution in [0.15, 0.2) is 53.4 Å². The van der Waals surface area contributed by atoms with Gasteiger partial charge in [0.2, 0.25) is 0 Å². The van der Waals surface area contributed by atoms with E-state index in [2.05, 4.69) is 19.3 Å². The van der Waals surface area contributed by atoms with Gasteiger partial charge in [-0.3, -0.25) is 14.5 Å². The Kier molecular flexibility index (Phi) is 5.36. The number of hydrogen-bond acceptors (Lipinski definition) is 4. The molecule has 4 rings (SSSR count). The Morgan fingerprint density at radius 2 is 1.76 bits per heavy atom. The maximum atomic E-state index is 13.2. The van der Waals surface area contributed by atoms with E-state index >= 15 is 0 Å². The van der Waals surface area contributed by atoms with E-state index < -0.39 is 10.0 Å². The highest BCUT2D eigenvalue weighted by atomic mass is 32.2. The summed E-state index contributed by atoms with van der Waals surface area (Å²) in [5.41, 5.74) is 5.08. The monoisotopic (exact) mass is 413 g/mol. The Balaban J connectivity index is 1.58. The Hall–Kier alpha value is -2.38. The summed E-state index contributed by atoms with van der Waals surface area (Å²) in [4.78, 5) is 13.0. The molecular formula is C22H27N3O3S. The van der Waals surface area contributed by atoms with Gasteiger partial charge in [-0.2, -0.15) is 0 Å². The van der Waals surface area contributed by atoms with Gasteiger partial charge in [0.15, 0.2) is 0 Å². The van der Waals surface area contributed by atoms with Crippen molar-refractivity contribution in [3.05, 3.63) is 59.7 Å². The standard InChI is InChI=1S/C22H27N3O3S/c1-16-7-5-8-17(2)25(16)23-22(26)19-10-6-11-20(15-19)29(27,28)24-14-13-18-9-3-4-12-21(18)24/h3-4,6,9-12,15-17H,5,7-8,13-14H2,1-2H3,(H,23,26)/t16-,17+. The second-order valence-corrected chi connectivity index (χ2v) is 9.82. The maximum absolute atomic E-state index is 13.2. The van der Waals surface area contributed by atoms with Gasteiger partial charge >= 0.3 is 0 Å². The number of carbonyl (C=O) groups is 1. The quantitative estimate of drug-likeness (QED) is 0.835. The number of para-hydroxylation sites is 1. The van der Waals surface area contributed by atoms with Crippen LogP contribution in [0.25, 0.3) is 0 Å². The Bertz CT molecular complexity index is 1010. The molecule has 0 radical (unpaired) electrons. The minimum atomic E-state index is -3.72. The molecular weight excluding hydrogens is 386 g/mol. The first-order valence-electron chi connectivity index (χ1n) is 10.2. The smallest absolute Gasteiger partial charge is 0.265 e. The minimum absolute atomic E-state index is 0.140. The normalized spacial score (nSPS) is 22.3. The van der Waals surface area contributed by atoms with Crippen LogP contribution in [-0.4, -0.2) is 38.0 Å². The van der Waals surface area contributed by atoms with Gasteiger partial charge in [-0.1, -0.05) is 30.7 Å². The lowest BCUT2D eigenvalue weighted by Crippen LogP contribution is -2.54. The maximum Gasteiger partial charge on any atom is 0.265 e. The van der Waals surface area contributed by atoms with Crippen LogP contribution < -0.4 is 9.73 Å². The largest absolute Gasteiger partial charge is 0.284 e. The zero-order valence-electron chi connectivity index (χ0n) is 16.8. The van der Waals surface area contributed by atoms with Crippen LogP contribution in [0.5, 0.6) is 0 Å². The van der Waals surface area contributed by atoms with Crippen molar-refractivity contribution in [1.29, 1.82) is 0 Å². The number of hydrazine groups is 1. The van der Waals surface area contributed by atoms with E-state index in [-0.39, 0.29) is 22.9 Å². The molecule has 0 aromatic heterocycles. The van der Waals surface area contributed by atoms with Crippen molar-refractivity contribution in [2.75, 3.05) is 10.8 Å². The SMILES string of the molecule is C[C@@H]1CCC[C@H](C)N1NC(=O)c1cccc(S(=O)(=O)N2CCc3ccccc32)c1. The van der Waals surface area contributed by atoms with Crippen molar-refractivity contribution in [2.24, 2.45) is 0 Å². The fraction of sp³-hybridized carbons (Fsp3) is 0.409. The average molecular weight is 414 g/mol. The predicted octanol–water partition coefficient (Wildman–Crippen LogP) is 3.35. The highest BCUT2D eigenvalue weighted by molar-refractivity contribution is 7.92. The number of nitrogens with one attached hydrogen (secondary N) is 1. The Morgan fingerprint density at radius 1 is 1.03 bits per heavy atom. The summed E-state index contributed by atoms with van der Waals surface area (Å²) < 4.78 is 27.9. The molecule has 1 amide bonds. The topological polar surface area (TPSA) is 69.7 Å². The number of carbonyl (C=O) groups excluding carboxylic acids is 1. The molecule has 2 aliphatic rings. The van der Waals surface area contributed by atoms with Gasteiger partial charge in [0.25, 0.3) is 15.9 Å². The number of anilines is 1. The first-order valence-corrected chi connectivity index (χ1v) is 11.6. The summed E-state index contributed by atoms with van der Waals surface area (Å²) >= 11 is 0. The van der Waals surface area contributed by atoms with Crippen LogP contribution in [0, 0.1) is 0 Å². The van der Waals surface area contributed by atoms with E-state index in [4.69, 9.17) is 0 Å². The summed E-state index contributed by atoms with van der Waals surface area (Å²) in [5, 5.41) is 1.99. The molecule has 0 saturated carbocycles. The number of hydrogen-bond donors (Lipinski definition) is 1. The van der Waals surface area contributed by atoms with Crippen molar-refractivity contribution in [2.45, 2.75) is 56.5 Å². The van der Waals surface area contributed by atoms with Crippen molar-refractivity contribution in [3.8, 4) is 0 Å². The lowest BCUT2D eigenvalue weighted by Gasteiger charge is -2.38. The summed E-state index contributed by atoms with van der Waals surface area (Å²) in [7, 11) is -3.72. The van der Waals surface area contributed by atoms with Crippen molar-refractivity contribution in [3.63, 3.8) is 0 Å². The number of benzene rings is 2. The number of piperidine rings is 1. The lowest BCUT2D eigenvalue weighted by atomic mass is 10.00. The third-order valence-corrected chi connectivity index (χ3v) is 7.76. The summed E-state index contributed by atoms with van der Waals surface area (Å²) in [6.45, 7) is 4.62. The molecule has 6 nitrogen and oxygen atoms in total. The predicted molar refractivity (Wildman–Crippen MR) is 113 cm³/mol. The fourth-order valence-corrected chi connectivity index (χ4v) is 5.86. The van der Waals surface area contributed by atoms with Crippen LogP contribution in [0.3, 0.4) is 0 Å². The number of fused-ring (bicyclic) bond motifs is 1. The van der Waals surface area contributed by atoms with Crippen molar-refractivity contribution >= 4 is 21.6 Å². The van der Waals surface area contributed by atoms with Crippen LogP contribution in [0.4, 0.5) is 5.69 Å². The molecule has 0 spiro atoms. The summed E-state index contributed by atoms with van der Waals surface area (Å²) in [5.74, 6) is -0.274. The zero-order valence-corrected chi connectivity index (χ0v) is 17.7. The minimum Gasteiger partial charge on any atom is -0.284 e. The second kappa shape index (κ2) is 7.80. The molecule has 29 heavy (non-hydrogen) atoms. The van der Waals surface area contributed by atoms with Crippen LogP contribution in [0.1, 0.15) is 49.0 Å². The number of nitrogens with zero attached hydrogens (tertiary/aromatic N) is 2. The van der Waals surface area contributed by atoms with E-state index in [9.17, 15) is 13.2 Å².